The number of fused-ring (bicyclic) bond motifs is 1. The SMILES string of the molecule is CCOc1ccc(N=Nc2ccc(N=Nc3cccc(S(=O)(=O)[O-])c3)c3ccccc23)cc1C.[Na+]. The van der Waals surface area contributed by atoms with Crippen LogP contribution in [0.1, 0.15) is 12.5 Å². The summed E-state index contributed by atoms with van der Waals surface area (Å²) in [6.45, 7) is 4.50. The molecule has 0 fully saturated rings. The largest absolute Gasteiger partial charge is 1.00 e. The smallest absolute Gasteiger partial charge is 0.744 e. The molecule has 0 saturated carbocycles. The molecule has 0 saturated heterocycles. The number of aryl methyl sites for hydroxylation is 1. The Bertz CT molecular complexity index is 1520. The van der Waals surface area contributed by atoms with Crippen LogP contribution in [0.15, 0.2) is 104 Å². The Kier molecular flexibility index (Phi) is 8.87. The molecule has 4 aromatic rings. The van der Waals surface area contributed by atoms with Gasteiger partial charge in [-0.25, -0.2) is 8.42 Å². The minimum Gasteiger partial charge on any atom is -0.744 e. The van der Waals surface area contributed by atoms with E-state index < -0.39 is 10.1 Å². The van der Waals surface area contributed by atoms with Crippen LogP contribution in [0.25, 0.3) is 10.8 Å². The maximum absolute atomic E-state index is 11.2. The molecule has 0 unspecified atom stereocenters. The van der Waals surface area contributed by atoms with Crippen molar-refractivity contribution in [2.75, 3.05) is 6.61 Å². The van der Waals surface area contributed by atoms with Crippen molar-refractivity contribution in [2.24, 2.45) is 20.5 Å². The second-order valence-electron chi connectivity index (χ2n) is 7.38. The van der Waals surface area contributed by atoms with Crippen LogP contribution >= 0.6 is 0 Å². The van der Waals surface area contributed by atoms with E-state index in [-0.39, 0.29) is 40.1 Å². The minimum atomic E-state index is -4.57. The zero-order valence-electron chi connectivity index (χ0n) is 19.5. The molecule has 0 heterocycles. The monoisotopic (exact) mass is 496 g/mol. The van der Waals surface area contributed by atoms with E-state index >= 15 is 0 Å². The summed E-state index contributed by atoms with van der Waals surface area (Å²) in [4.78, 5) is -0.353. The van der Waals surface area contributed by atoms with Gasteiger partial charge in [0.05, 0.1) is 34.3 Å². The van der Waals surface area contributed by atoms with Gasteiger partial charge >= 0.3 is 29.6 Å². The van der Waals surface area contributed by atoms with E-state index in [1.54, 1.807) is 18.2 Å². The van der Waals surface area contributed by atoms with Gasteiger partial charge < -0.3 is 9.29 Å². The second-order valence-corrected chi connectivity index (χ2v) is 8.76. The van der Waals surface area contributed by atoms with Crippen LogP contribution in [-0.2, 0) is 10.1 Å². The summed E-state index contributed by atoms with van der Waals surface area (Å²) < 4.78 is 39.3. The number of ether oxygens (including phenoxy) is 1. The molecule has 0 aromatic heterocycles. The molecule has 0 spiro atoms. The summed E-state index contributed by atoms with van der Waals surface area (Å²) in [5.41, 5.74) is 3.19. The second kappa shape index (κ2) is 11.7. The Morgan fingerprint density at radius 1 is 0.771 bits per heavy atom. The summed E-state index contributed by atoms with van der Waals surface area (Å²) in [6.07, 6.45) is 0. The van der Waals surface area contributed by atoms with Crippen molar-refractivity contribution in [2.45, 2.75) is 18.7 Å². The third-order valence-electron chi connectivity index (χ3n) is 4.99. The molecule has 0 bridgehead atoms. The molecule has 0 aliphatic carbocycles. The van der Waals surface area contributed by atoms with Crippen molar-refractivity contribution in [1.82, 2.24) is 0 Å². The summed E-state index contributed by atoms with van der Waals surface area (Å²) in [7, 11) is -4.57. The topological polar surface area (TPSA) is 116 Å². The maximum Gasteiger partial charge on any atom is 1.00 e. The first-order valence-electron chi connectivity index (χ1n) is 10.5. The Balaban J connectivity index is 0.00000342. The van der Waals surface area contributed by atoms with Crippen molar-refractivity contribution >= 4 is 43.6 Å². The first-order valence-corrected chi connectivity index (χ1v) is 11.9. The van der Waals surface area contributed by atoms with E-state index in [2.05, 4.69) is 20.5 Å². The van der Waals surface area contributed by atoms with E-state index in [0.29, 0.717) is 23.7 Å². The van der Waals surface area contributed by atoms with Gasteiger partial charge in [0.15, 0.2) is 0 Å². The zero-order valence-corrected chi connectivity index (χ0v) is 22.4. The Morgan fingerprint density at radius 3 is 1.91 bits per heavy atom. The van der Waals surface area contributed by atoms with Gasteiger partial charge in [0.25, 0.3) is 0 Å². The van der Waals surface area contributed by atoms with E-state index in [0.717, 1.165) is 22.1 Å². The Morgan fingerprint density at radius 2 is 1.37 bits per heavy atom. The fourth-order valence-electron chi connectivity index (χ4n) is 3.38. The molecule has 0 atom stereocenters. The third-order valence-corrected chi connectivity index (χ3v) is 5.82. The van der Waals surface area contributed by atoms with Gasteiger partial charge in [-0.05, 0) is 67.9 Å². The summed E-state index contributed by atoms with van der Waals surface area (Å²) in [5.74, 6) is 0.819. The molecule has 172 valence electrons. The summed E-state index contributed by atoms with van der Waals surface area (Å²) in [5, 5.41) is 18.8. The first-order chi connectivity index (χ1) is 16.3. The van der Waals surface area contributed by atoms with Gasteiger partial charge in [-0.2, -0.15) is 10.2 Å². The summed E-state index contributed by atoms with van der Waals surface area (Å²) >= 11 is 0. The molecule has 8 nitrogen and oxygen atoms in total. The van der Waals surface area contributed by atoms with E-state index in [4.69, 9.17) is 4.74 Å². The van der Waals surface area contributed by atoms with Crippen LogP contribution in [0.3, 0.4) is 0 Å². The first kappa shape index (κ1) is 26.7. The van der Waals surface area contributed by atoms with Crippen LogP contribution in [-0.4, -0.2) is 19.6 Å². The van der Waals surface area contributed by atoms with E-state index in [1.807, 2.05) is 56.3 Å². The number of benzene rings is 4. The molecule has 0 N–H and O–H groups in total. The van der Waals surface area contributed by atoms with Gasteiger partial charge in [-0.3, -0.25) is 0 Å². The third kappa shape index (κ3) is 6.59. The Labute approximate surface area is 225 Å². The van der Waals surface area contributed by atoms with Gasteiger partial charge in [0.2, 0.25) is 0 Å². The van der Waals surface area contributed by atoms with Crippen LogP contribution in [0.5, 0.6) is 5.75 Å². The van der Waals surface area contributed by atoms with Gasteiger partial charge in [0.1, 0.15) is 15.9 Å². The molecule has 0 aliphatic rings. The molecular weight excluding hydrogens is 475 g/mol. The molecular formula is C25H21N4NaO4S. The van der Waals surface area contributed by atoms with Crippen molar-refractivity contribution in [1.29, 1.82) is 0 Å². The molecule has 0 amide bonds. The van der Waals surface area contributed by atoms with E-state index in [9.17, 15) is 13.0 Å². The quantitative estimate of drug-likeness (QED) is 0.216. The number of azo groups is 2. The molecule has 35 heavy (non-hydrogen) atoms. The summed E-state index contributed by atoms with van der Waals surface area (Å²) in [6, 6.07) is 22.2. The minimum absolute atomic E-state index is 0. The average molecular weight is 497 g/mol. The number of rotatable bonds is 7. The van der Waals surface area contributed by atoms with Crippen molar-refractivity contribution in [3.05, 3.63) is 84.4 Å². The van der Waals surface area contributed by atoms with Gasteiger partial charge in [-0.1, -0.05) is 30.3 Å². The van der Waals surface area contributed by atoms with Crippen molar-refractivity contribution in [3.63, 3.8) is 0 Å². The number of hydrogen-bond donors (Lipinski definition) is 0. The number of nitrogens with zero attached hydrogens (tertiary/aromatic N) is 4. The zero-order chi connectivity index (χ0) is 24.1. The number of hydrogen-bond acceptors (Lipinski definition) is 8. The molecule has 4 rings (SSSR count). The molecule has 0 radical (unpaired) electrons. The standard InChI is InChI=1S/C25H22N4O4S.Na/c1-3-33-25-14-11-19(15-17(25)2)27-29-24-13-12-23(21-9-4-5-10-22(21)24)28-26-18-7-6-8-20(16-18)34(30,31)32;/h4-16H,3H2,1-2H3,(H,30,31,32);/q;+1/p-1. The van der Waals surface area contributed by atoms with Crippen LogP contribution < -0.4 is 34.3 Å². The molecule has 4 aromatic carbocycles. The fraction of sp³-hybridized carbons (Fsp3) is 0.120. The van der Waals surface area contributed by atoms with Crippen LogP contribution in [0.4, 0.5) is 22.7 Å². The predicted molar refractivity (Wildman–Crippen MR) is 129 cm³/mol. The molecule has 10 heteroatoms. The van der Waals surface area contributed by atoms with Gasteiger partial charge in [0, 0.05) is 10.8 Å². The normalized spacial score (nSPS) is 11.7. The average Bonchev–Trinajstić information content (AvgIpc) is 2.83. The van der Waals surface area contributed by atoms with Crippen molar-refractivity contribution < 1.29 is 47.3 Å². The predicted octanol–water partition coefficient (Wildman–Crippen LogP) is 4.29. The fourth-order valence-corrected chi connectivity index (χ4v) is 3.89. The van der Waals surface area contributed by atoms with Gasteiger partial charge in [-0.15, -0.1) is 10.2 Å². The van der Waals surface area contributed by atoms with Crippen LogP contribution in [0, 0.1) is 6.92 Å². The van der Waals surface area contributed by atoms with Crippen molar-refractivity contribution in [3.8, 4) is 5.75 Å². The Hall–Kier alpha value is -2.95. The molecule has 0 aliphatic heterocycles. The maximum atomic E-state index is 11.2. The van der Waals surface area contributed by atoms with E-state index in [1.165, 1.54) is 18.2 Å². The van der Waals surface area contributed by atoms with Crippen LogP contribution in [0.2, 0.25) is 0 Å².